The molecule has 1 nitrogen and oxygen atoms in total. The van der Waals surface area contributed by atoms with Gasteiger partial charge in [0.05, 0.1) is 14.5 Å². The highest BCUT2D eigenvalue weighted by atomic mass is 79.9. The third kappa shape index (κ3) is 3.51. The first kappa shape index (κ1) is 15.3. The SMILES string of the molecule is CSc1ccsc1C(=O)C(Br)C(Br)c1ccccc1. The van der Waals surface area contributed by atoms with Crippen molar-refractivity contribution in [2.24, 2.45) is 0 Å². The van der Waals surface area contributed by atoms with Crippen molar-refractivity contribution in [1.29, 1.82) is 0 Å². The van der Waals surface area contributed by atoms with E-state index < -0.39 is 0 Å². The number of thiophene rings is 1. The summed E-state index contributed by atoms with van der Waals surface area (Å²) in [6.45, 7) is 0. The zero-order chi connectivity index (χ0) is 13.8. The van der Waals surface area contributed by atoms with E-state index in [0.717, 1.165) is 15.3 Å². The van der Waals surface area contributed by atoms with Crippen LogP contribution in [0.4, 0.5) is 0 Å². The van der Waals surface area contributed by atoms with Crippen LogP contribution in [0.3, 0.4) is 0 Å². The minimum absolute atomic E-state index is 0.0296. The van der Waals surface area contributed by atoms with Gasteiger partial charge in [0.25, 0.3) is 0 Å². The Bertz CT molecular complexity index is 554. The molecule has 0 bridgehead atoms. The summed E-state index contributed by atoms with van der Waals surface area (Å²) in [7, 11) is 0. The molecule has 2 unspecified atom stereocenters. The summed E-state index contributed by atoms with van der Waals surface area (Å²) in [5, 5.41) is 1.96. The molecule has 19 heavy (non-hydrogen) atoms. The summed E-state index contributed by atoms with van der Waals surface area (Å²) >= 11 is 10.3. The predicted molar refractivity (Wildman–Crippen MR) is 91.3 cm³/mol. The summed E-state index contributed by atoms with van der Waals surface area (Å²) in [6.07, 6.45) is 1.99. The van der Waals surface area contributed by atoms with E-state index in [9.17, 15) is 4.79 Å². The minimum Gasteiger partial charge on any atom is -0.292 e. The van der Waals surface area contributed by atoms with Crippen LogP contribution < -0.4 is 0 Å². The largest absolute Gasteiger partial charge is 0.292 e. The van der Waals surface area contributed by atoms with Crippen LogP contribution in [0.2, 0.25) is 0 Å². The number of rotatable bonds is 5. The topological polar surface area (TPSA) is 17.1 Å². The van der Waals surface area contributed by atoms with E-state index in [1.165, 1.54) is 11.3 Å². The first-order chi connectivity index (χ1) is 9.15. The highest BCUT2D eigenvalue weighted by Gasteiger charge is 2.28. The lowest BCUT2D eigenvalue weighted by atomic mass is 10.1. The maximum Gasteiger partial charge on any atom is 0.188 e. The van der Waals surface area contributed by atoms with Crippen LogP contribution >= 0.6 is 55.0 Å². The van der Waals surface area contributed by atoms with E-state index in [-0.39, 0.29) is 15.4 Å². The molecule has 0 radical (unpaired) electrons. The van der Waals surface area contributed by atoms with Crippen LogP contribution in [-0.4, -0.2) is 16.9 Å². The van der Waals surface area contributed by atoms with Gasteiger partial charge in [-0.15, -0.1) is 23.1 Å². The molecule has 0 saturated heterocycles. The van der Waals surface area contributed by atoms with Crippen molar-refractivity contribution in [3.8, 4) is 0 Å². The van der Waals surface area contributed by atoms with Crippen LogP contribution in [0.25, 0.3) is 0 Å². The van der Waals surface area contributed by atoms with Crippen molar-refractivity contribution in [3.05, 3.63) is 52.2 Å². The molecule has 0 aliphatic rings. The van der Waals surface area contributed by atoms with E-state index in [4.69, 9.17) is 0 Å². The second kappa shape index (κ2) is 7.07. The number of hydrogen-bond donors (Lipinski definition) is 0. The van der Waals surface area contributed by atoms with Gasteiger partial charge in [-0.1, -0.05) is 62.2 Å². The fraction of sp³-hybridized carbons (Fsp3) is 0.214. The van der Waals surface area contributed by atoms with Crippen LogP contribution in [0.1, 0.15) is 20.1 Å². The van der Waals surface area contributed by atoms with E-state index in [1.807, 2.05) is 48.0 Å². The molecule has 0 aliphatic heterocycles. The van der Waals surface area contributed by atoms with Gasteiger partial charge >= 0.3 is 0 Å². The van der Waals surface area contributed by atoms with Crippen molar-refractivity contribution in [1.82, 2.24) is 0 Å². The molecule has 0 saturated carbocycles. The molecule has 2 rings (SSSR count). The van der Waals surface area contributed by atoms with Crippen molar-refractivity contribution in [2.75, 3.05) is 6.26 Å². The monoisotopic (exact) mass is 418 g/mol. The van der Waals surface area contributed by atoms with Gasteiger partial charge in [-0.3, -0.25) is 4.79 Å². The van der Waals surface area contributed by atoms with Crippen LogP contribution in [0.15, 0.2) is 46.7 Å². The first-order valence-corrected chi connectivity index (χ1v) is 9.57. The molecule has 0 fully saturated rings. The molecule has 0 N–H and O–H groups in total. The number of hydrogen-bond acceptors (Lipinski definition) is 3. The normalized spacial score (nSPS) is 14.1. The number of alkyl halides is 2. The number of benzene rings is 1. The fourth-order valence-corrected chi connectivity index (χ4v) is 4.67. The van der Waals surface area contributed by atoms with Gasteiger partial charge in [0.2, 0.25) is 0 Å². The molecule has 1 heterocycles. The molecule has 1 aromatic carbocycles. The average Bonchev–Trinajstić information content (AvgIpc) is 2.94. The molecular formula is C14H12Br2OS2. The number of carbonyl (C=O) groups is 1. The standard InChI is InChI=1S/C14H12Br2OS2/c1-18-10-7-8-19-14(10)13(17)12(16)11(15)9-5-3-2-4-6-9/h2-8,11-12H,1H3. The van der Waals surface area contributed by atoms with E-state index >= 15 is 0 Å². The van der Waals surface area contributed by atoms with Gasteiger partial charge < -0.3 is 0 Å². The van der Waals surface area contributed by atoms with Crippen LogP contribution in [0.5, 0.6) is 0 Å². The summed E-state index contributed by atoms with van der Waals surface area (Å²) in [5.74, 6) is 0.130. The Morgan fingerprint density at radius 2 is 1.89 bits per heavy atom. The molecule has 0 aliphatic carbocycles. The Morgan fingerprint density at radius 1 is 1.21 bits per heavy atom. The van der Waals surface area contributed by atoms with E-state index in [2.05, 4.69) is 31.9 Å². The quantitative estimate of drug-likeness (QED) is 0.358. The van der Waals surface area contributed by atoms with Crippen LogP contribution in [-0.2, 0) is 0 Å². The molecule has 2 aromatic rings. The zero-order valence-electron chi connectivity index (χ0n) is 10.2. The summed E-state index contributed by atoms with van der Waals surface area (Å²) < 4.78 is 0. The highest BCUT2D eigenvalue weighted by Crippen LogP contribution is 2.36. The van der Waals surface area contributed by atoms with Gasteiger partial charge in [-0.2, -0.15) is 0 Å². The fourth-order valence-electron chi connectivity index (χ4n) is 1.70. The van der Waals surface area contributed by atoms with E-state index in [1.54, 1.807) is 11.8 Å². The predicted octanol–water partition coefficient (Wildman–Crippen LogP) is 5.55. The number of Topliss-reactive ketones (excluding diaryl/α,β-unsaturated/α-hetero) is 1. The second-order valence-electron chi connectivity index (χ2n) is 3.90. The van der Waals surface area contributed by atoms with Gasteiger partial charge in [0.15, 0.2) is 5.78 Å². The van der Waals surface area contributed by atoms with Crippen molar-refractivity contribution in [2.45, 2.75) is 14.5 Å². The molecule has 5 heteroatoms. The van der Waals surface area contributed by atoms with Crippen LogP contribution in [0, 0.1) is 0 Å². The molecule has 0 amide bonds. The smallest absolute Gasteiger partial charge is 0.188 e. The molecule has 1 aromatic heterocycles. The molecular weight excluding hydrogens is 408 g/mol. The maximum atomic E-state index is 12.5. The Kier molecular flexibility index (Phi) is 5.69. The third-order valence-corrected chi connectivity index (χ3v) is 7.25. The lowest BCUT2D eigenvalue weighted by Crippen LogP contribution is -2.18. The minimum atomic E-state index is -0.264. The zero-order valence-corrected chi connectivity index (χ0v) is 15.0. The summed E-state index contributed by atoms with van der Waals surface area (Å²) in [4.78, 5) is 14.1. The van der Waals surface area contributed by atoms with E-state index in [0.29, 0.717) is 0 Å². The van der Waals surface area contributed by atoms with Gasteiger partial charge in [-0.05, 0) is 23.3 Å². The molecule has 2 atom stereocenters. The Hall–Kier alpha value is -0.100. The number of thioether (sulfide) groups is 1. The number of halogens is 2. The Morgan fingerprint density at radius 3 is 2.53 bits per heavy atom. The van der Waals surface area contributed by atoms with Gasteiger partial charge in [0.1, 0.15) is 0 Å². The Labute approximate surface area is 138 Å². The second-order valence-corrected chi connectivity index (χ2v) is 7.63. The molecule has 0 spiro atoms. The van der Waals surface area contributed by atoms with Gasteiger partial charge in [-0.25, -0.2) is 0 Å². The lowest BCUT2D eigenvalue weighted by Gasteiger charge is -2.16. The summed E-state index contributed by atoms with van der Waals surface area (Å²) in [6, 6.07) is 12.0. The average molecular weight is 420 g/mol. The Balaban J connectivity index is 2.20. The van der Waals surface area contributed by atoms with Crippen molar-refractivity contribution in [3.63, 3.8) is 0 Å². The summed E-state index contributed by atoms with van der Waals surface area (Å²) in [5.41, 5.74) is 1.10. The molecule has 100 valence electrons. The van der Waals surface area contributed by atoms with Crippen molar-refractivity contribution < 1.29 is 4.79 Å². The number of carbonyl (C=O) groups excluding carboxylic acids is 1. The highest BCUT2D eigenvalue weighted by molar-refractivity contribution is 9.12. The third-order valence-electron chi connectivity index (χ3n) is 2.70. The first-order valence-electron chi connectivity index (χ1n) is 5.64. The van der Waals surface area contributed by atoms with Gasteiger partial charge in [0, 0.05) is 4.90 Å². The lowest BCUT2D eigenvalue weighted by molar-refractivity contribution is 0.0992. The van der Waals surface area contributed by atoms with Crippen molar-refractivity contribution >= 4 is 60.7 Å². The number of ketones is 1. The maximum absolute atomic E-state index is 12.5.